The second-order valence-electron chi connectivity index (χ2n) is 3.46. The number of carbonyl (C=O) groups is 1. The van der Waals surface area contributed by atoms with Gasteiger partial charge in [0.25, 0.3) is 5.91 Å². The molecule has 0 spiro atoms. The van der Waals surface area contributed by atoms with Crippen LogP contribution in [0.2, 0.25) is 5.02 Å². The van der Waals surface area contributed by atoms with Gasteiger partial charge in [-0.15, -0.1) is 11.8 Å². The Morgan fingerprint density at radius 2 is 2.25 bits per heavy atom. The van der Waals surface area contributed by atoms with E-state index >= 15 is 0 Å². The number of unbranched alkanes of at least 4 members (excludes halogenated alkanes) is 1. The number of thioether (sulfide) groups is 1. The molecule has 88 valence electrons. The molecule has 0 bridgehead atoms. The number of hydrogen-bond donors (Lipinski definition) is 1. The quantitative estimate of drug-likeness (QED) is 0.645. The number of nitrogens with one attached hydrogen (secondary N) is 1. The van der Waals surface area contributed by atoms with Crippen LogP contribution in [0.5, 0.6) is 0 Å². The summed E-state index contributed by atoms with van der Waals surface area (Å²) in [6.07, 6.45) is 4.03. The van der Waals surface area contributed by atoms with Crippen LogP contribution in [0.3, 0.4) is 0 Å². The summed E-state index contributed by atoms with van der Waals surface area (Å²) in [5, 5.41) is 3.57. The highest BCUT2D eigenvalue weighted by Gasteiger charge is 2.07. The normalized spacial score (nSPS) is 10.2. The molecule has 2 nitrogen and oxygen atoms in total. The van der Waals surface area contributed by atoms with E-state index in [0.29, 0.717) is 10.6 Å². The molecular weight excluding hydrogens is 242 g/mol. The van der Waals surface area contributed by atoms with Crippen molar-refractivity contribution >= 4 is 29.3 Å². The molecule has 0 saturated carbocycles. The Balaban J connectivity index is 2.68. The minimum Gasteiger partial charge on any atom is -0.352 e. The van der Waals surface area contributed by atoms with Crippen LogP contribution < -0.4 is 5.32 Å². The fourth-order valence-corrected chi connectivity index (χ4v) is 2.14. The van der Waals surface area contributed by atoms with Gasteiger partial charge in [0, 0.05) is 17.0 Å². The van der Waals surface area contributed by atoms with Crippen LogP contribution in [0.25, 0.3) is 0 Å². The van der Waals surface area contributed by atoms with E-state index in [1.165, 1.54) is 0 Å². The molecule has 1 N–H and O–H groups in total. The largest absolute Gasteiger partial charge is 0.352 e. The summed E-state index contributed by atoms with van der Waals surface area (Å²) < 4.78 is 0. The van der Waals surface area contributed by atoms with Crippen molar-refractivity contribution in [2.24, 2.45) is 0 Å². The molecule has 1 amide bonds. The number of carbonyl (C=O) groups excluding carboxylic acids is 1. The van der Waals surface area contributed by atoms with Gasteiger partial charge in [0.15, 0.2) is 0 Å². The maximum atomic E-state index is 11.7. The number of rotatable bonds is 5. The molecule has 0 aliphatic rings. The predicted molar refractivity (Wildman–Crippen MR) is 70.5 cm³/mol. The van der Waals surface area contributed by atoms with Crippen LogP contribution >= 0.6 is 23.4 Å². The SMILES string of the molecule is CCCCNC(=O)c1ccc(Cl)c(SC)c1. The molecular formula is C12H16ClNOS. The average Bonchev–Trinajstić information content (AvgIpc) is 2.30. The van der Waals surface area contributed by atoms with Crippen molar-refractivity contribution in [2.75, 3.05) is 12.8 Å². The Kier molecular flexibility index (Phi) is 5.71. The van der Waals surface area contributed by atoms with Crippen molar-refractivity contribution in [3.8, 4) is 0 Å². The van der Waals surface area contributed by atoms with E-state index in [9.17, 15) is 4.79 Å². The van der Waals surface area contributed by atoms with Crippen LogP contribution in [-0.4, -0.2) is 18.7 Å². The topological polar surface area (TPSA) is 29.1 Å². The van der Waals surface area contributed by atoms with Gasteiger partial charge in [0.2, 0.25) is 0 Å². The third-order valence-electron chi connectivity index (χ3n) is 2.23. The van der Waals surface area contributed by atoms with Gasteiger partial charge < -0.3 is 5.32 Å². The van der Waals surface area contributed by atoms with Crippen LogP contribution in [0, 0.1) is 0 Å². The molecule has 1 aromatic carbocycles. The van der Waals surface area contributed by atoms with E-state index in [1.807, 2.05) is 12.3 Å². The Hall–Kier alpha value is -0.670. The molecule has 0 aliphatic heterocycles. The van der Waals surface area contributed by atoms with E-state index in [2.05, 4.69) is 12.2 Å². The molecule has 0 saturated heterocycles. The van der Waals surface area contributed by atoms with Gasteiger partial charge in [0.05, 0.1) is 5.02 Å². The zero-order valence-corrected chi connectivity index (χ0v) is 11.1. The minimum atomic E-state index is -0.0274. The molecule has 0 heterocycles. The number of benzene rings is 1. The molecule has 0 radical (unpaired) electrons. The van der Waals surface area contributed by atoms with Gasteiger partial charge in [-0.05, 0) is 30.9 Å². The smallest absolute Gasteiger partial charge is 0.251 e. The van der Waals surface area contributed by atoms with E-state index in [-0.39, 0.29) is 5.91 Å². The fraction of sp³-hybridized carbons (Fsp3) is 0.417. The zero-order valence-electron chi connectivity index (χ0n) is 9.55. The highest BCUT2D eigenvalue weighted by atomic mass is 35.5. The minimum absolute atomic E-state index is 0.0274. The van der Waals surface area contributed by atoms with Crippen LogP contribution in [0.4, 0.5) is 0 Å². The number of amides is 1. The lowest BCUT2D eigenvalue weighted by molar-refractivity contribution is 0.0953. The number of halogens is 1. The molecule has 0 unspecified atom stereocenters. The monoisotopic (exact) mass is 257 g/mol. The third-order valence-corrected chi connectivity index (χ3v) is 3.45. The zero-order chi connectivity index (χ0) is 12.0. The van der Waals surface area contributed by atoms with E-state index in [1.54, 1.807) is 23.9 Å². The predicted octanol–water partition coefficient (Wildman–Crippen LogP) is 3.59. The van der Waals surface area contributed by atoms with E-state index in [0.717, 1.165) is 24.3 Å². The summed E-state index contributed by atoms with van der Waals surface area (Å²) in [4.78, 5) is 12.7. The standard InChI is InChI=1S/C12H16ClNOS/c1-3-4-7-14-12(15)9-5-6-10(13)11(8-9)16-2/h5-6,8H,3-4,7H2,1-2H3,(H,14,15). The first-order chi connectivity index (χ1) is 7.69. The van der Waals surface area contributed by atoms with Gasteiger partial charge in [-0.1, -0.05) is 24.9 Å². The van der Waals surface area contributed by atoms with Crippen molar-refractivity contribution < 1.29 is 4.79 Å². The number of hydrogen-bond acceptors (Lipinski definition) is 2. The highest BCUT2D eigenvalue weighted by molar-refractivity contribution is 7.98. The summed E-state index contributed by atoms with van der Waals surface area (Å²) in [5.41, 5.74) is 0.671. The highest BCUT2D eigenvalue weighted by Crippen LogP contribution is 2.26. The van der Waals surface area contributed by atoms with Crippen molar-refractivity contribution in [1.82, 2.24) is 5.32 Å². The van der Waals surface area contributed by atoms with Gasteiger partial charge in [0.1, 0.15) is 0 Å². The molecule has 0 aromatic heterocycles. The van der Waals surface area contributed by atoms with E-state index in [4.69, 9.17) is 11.6 Å². The lowest BCUT2D eigenvalue weighted by Gasteiger charge is -2.06. The van der Waals surface area contributed by atoms with Crippen molar-refractivity contribution in [3.05, 3.63) is 28.8 Å². The summed E-state index contributed by atoms with van der Waals surface area (Å²) in [7, 11) is 0. The summed E-state index contributed by atoms with van der Waals surface area (Å²) in [6.45, 7) is 2.83. The molecule has 1 rings (SSSR count). The fourth-order valence-electron chi connectivity index (χ4n) is 1.28. The van der Waals surface area contributed by atoms with Crippen LogP contribution in [0.1, 0.15) is 30.1 Å². The van der Waals surface area contributed by atoms with Gasteiger partial charge in [-0.25, -0.2) is 0 Å². The lowest BCUT2D eigenvalue weighted by Crippen LogP contribution is -2.24. The molecule has 4 heteroatoms. The Labute approximate surface area is 106 Å². The van der Waals surface area contributed by atoms with Gasteiger partial charge in [-0.2, -0.15) is 0 Å². The second-order valence-corrected chi connectivity index (χ2v) is 4.71. The lowest BCUT2D eigenvalue weighted by atomic mass is 10.2. The molecule has 0 aliphatic carbocycles. The van der Waals surface area contributed by atoms with Gasteiger partial charge >= 0.3 is 0 Å². The van der Waals surface area contributed by atoms with Crippen molar-refractivity contribution in [3.63, 3.8) is 0 Å². The molecule has 0 fully saturated rings. The summed E-state index contributed by atoms with van der Waals surface area (Å²) >= 11 is 7.52. The first kappa shape index (κ1) is 13.4. The van der Waals surface area contributed by atoms with Crippen LogP contribution in [0.15, 0.2) is 23.1 Å². The Morgan fingerprint density at radius 3 is 2.88 bits per heavy atom. The van der Waals surface area contributed by atoms with Gasteiger partial charge in [-0.3, -0.25) is 4.79 Å². The summed E-state index contributed by atoms with van der Waals surface area (Å²) in [6, 6.07) is 5.35. The van der Waals surface area contributed by atoms with E-state index < -0.39 is 0 Å². The first-order valence-electron chi connectivity index (χ1n) is 5.30. The molecule has 1 aromatic rings. The van der Waals surface area contributed by atoms with Crippen molar-refractivity contribution in [2.45, 2.75) is 24.7 Å². The first-order valence-corrected chi connectivity index (χ1v) is 6.91. The second kappa shape index (κ2) is 6.81. The molecule has 16 heavy (non-hydrogen) atoms. The van der Waals surface area contributed by atoms with Crippen LogP contribution in [-0.2, 0) is 0 Å². The Bertz CT molecular complexity index is 368. The third kappa shape index (κ3) is 3.72. The average molecular weight is 258 g/mol. The Morgan fingerprint density at radius 1 is 1.50 bits per heavy atom. The molecule has 0 atom stereocenters. The maximum Gasteiger partial charge on any atom is 0.251 e. The van der Waals surface area contributed by atoms with Crippen molar-refractivity contribution in [1.29, 1.82) is 0 Å². The summed E-state index contributed by atoms with van der Waals surface area (Å²) in [5.74, 6) is -0.0274. The maximum absolute atomic E-state index is 11.7.